The summed E-state index contributed by atoms with van der Waals surface area (Å²) in [7, 11) is 0. The second kappa shape index (κ2) is 6.39. The Morgan fingerprint density at radius 3 is 2.67 bits per heavy atom. The maximum Gasteiger partial charge on any atom is 0.411 e. The molecule has 3 heterocycles. The van der Waals surface area contributed by atoms with Gasteiger partial charge in [-0.1, -0.05) is 0 Å². The van der Waals surface area contributed by atoms with E-state index in [1.807, 2.05) is 25.3 Å². The smallest absolute Gasteiger partial charge is 0.411 e. The standard InChI is InChI=1S/C16H20ClN5O2/c1-16(2,3)24-15(23)21-6-4-5-13(21)22-10-18-9-12(22)11-7-19-14(17)20-8-11/h7-10,13H,4-6H2,1-3H3/t13-/m1/s1. The summed E-state index contributed by atoms with van der Waals surface area (Å²) in [4.78, 5) is 26.5. The van der Waals surface area contributed by atoms with Gasteiger partial charge in [0.2, 0.25) is 5.28 Å². The molecule has 24 heavy (non-hydrogen) atoms. The first-order valence-corrected chi connectivity index (χ1v) is 8.22. The molecule has 8 heteroatoms. The third-order valence-electron chi connectivity index (χ3n) is 3.75. The van der Waals surface area contributed by atoms with Gasteiger partial charge in [0.25, 0.3) is 0 Å². The molecule has 0 saturated carbocycles. The number of carbonyl (C=O) groups excluding carboxylic acids is 1. The van der Waals surface area contributed by atoms with Gasteiger partial charge in [-0.2, -0.15) is 0 Å². The van der Waals surface area contributed by atoms with Crippen LogP contribution >= 0.6 is 11.6 Å². The maximum absolute atomic E-state index is 12.5. The molecular weight excluding hydrogens is 330 g/mol. The van der Waals surface area contributed by atoms with Gasteiger partial charge in [0.05, 0.1) is 18.2 Å². The van der Waals surface area contributed by atoms with Gasteiger partial charge in [-0.15, -0.1) is 0 Å². The normalized spacial score (nSPS) is 18.0. The Bertz CT molecular complexity index is 723. The number of hydrogen-bond donors (Lipinski definition) is 0. The zero-order valence-corrected chi connectivity index (χ0v) is 14.7. The van der Waals surface area contributed by atoms with Crippen molar-refractivity contribution in [2.24, 2.45) is 0 Å². The summed E-state index contributed by atoms with van der Waals surface area (Å²) in [6.45, 7) is 6.26. The van der Waals surface area contributed by atoms with Crippen molar-refractivity contribution in [2.45, 2.75) is 45.4 Å². The largest absolute Gasteiger partial charge is 0.444 e. The van der Waals surface area contributed by atoms with E-state index in [0.717, 1.165) is 24.1 Å². The van der Waals surface area contributed by atoms with E-state index in [9.17, 15) is 4.79 Å². The zero-order chi connectivity index (χ0) is 17.3. The van der Waals surface area contributed by atoms with Crippen molar-refractivity contribution in [3.63, 3.8) is 0 Å². The molecule has 1 aliphatic heterocycles. The fourth-order valence-corrected chi connectivity index (χ4v) is 2.88. The van der Waals surface area contributed by atoms with Gasteiger partial charge in [-0.05, 0) is 45.2 Å². The molecule has 1 aliphatic rings. The molecule has 1 fully saturated rings. The second-order valence-electron chi connectivity index (χ2n) is 6.72. The highest BCUT2D eigenvalue weighted by Gasteiger charge is 2.34. The number of halogens is 1. The van der Waals surface area contributed by atoms with Gasteiger partial charge in [-0.25, -0.2) is 19.7 Å². The molecule has 2 aromatic heterocycles. The van der Waals surface area contributed by atoms with E-state index in [1.54, 1.807) is 29.8 Å². The lowest BCUT2D eigenvalue weighted by Crippen LogP contribution is -2.38. The molecule has 0 radical (unpaired) electrons. The third-order valence-corrected chi connectivity index (χ3v) is 3.95. The molecule has 0 spiro atoms. The Morgan fingerprint density at radius 1 is 1.29 bits per heavy atom. The Kier molecular flexibility index (Phi) is 4.45. The predicted molar refractivity (Wildman–Crippen MR) is 89.5 cm³/mol. The molecular formula is C16H20ClN5O2. The molecule has 0 N–H and O–H groups in total. The van der Waals surface area contributed by atoms with Crippen LogP contribution in [-0.4, -0.2) is 42.7 Å². The molecule has 0 bridgehead atoms. The average molecular weight is 350 g/mol. The van der Waals surface area contributed by atoms with Crippen molar-refractivity contribution >= 4 is 17.7 Å². The molecule has 0 unspecified atom stereocenters. The van der Waals surface area contributed by atoms with Crippen LogP contribution in [0.4, 0.5) is 4.79 Å². The van der Waals surface area contributed by atoms with Crippen molar-refractivity contribution < 1.29 is 9.53 Å². The molecule has 1 atom stereocenters. The quantitative estimate of drug-likeness (QED) is 0.775. The van der Waals surface area contributed by atoms with Gasteiger partial charge in [0, 0.05) is 24.5 Å². The minimum atomic E-state index is -0.522. The number of hydrogen-bond acceptors (Lipinski definition) is 5. The van der Waals surface area contributed by atoms with E-state index < -0.39 is 5.60 Å². The number of carbonyl (C=O) groups is 1. The molecule has 3 rings (SSSR count). The summed E-state index contributed by atoms with van der Waals surface area (Å²) in [6, 6.07) is 0. The number of likely N-dealkylation sites (tertiary alicyclic amines) is 1. The average Bonchev–Trinajstić information content (AvgIpc) is 3.14. The summed E-state index contributed by atoms with van der Waals surface area (Å²) in [5.41, 5.74) is 1.12. The van der Waals surface area contributed by atoms with Gasteiger partial charge in [-0.3, -0.25) is 4.90 Å². The van der Waals surface area contributed by atoms with Crippen LogP contribution in [0.2, 0.25) is 5.28 Å². The van der Waals surface area contributed by atoms with Crippen molar-refractivity contribution in [3.8, 4) is 11.3 Å². The summed E-state index contributed by atoms with van der Waals surface area (Å²) in [6.07, 6.45) is 8.07. The number of nitrogens with zero attached hydrogens (tertiary/aromatic N) is 5. The van der Waals surface area contributed by atoms with Gasteiger partial charge in [0.15, 0.2) is 0 Å². The van der Waals surface area contributed by atoms with E-state index >= 15 is 0 Å². The number of ether oxygens (including phenoxy) is 1. The van der Waals surface area contributed by atoms with Crippen molar-refractivity contribution in [2.75, 3.05) is 6.54 Å². The van der Waals surface area contributed by atoms with Crippen LogP contribution in [0.1, 0.15) is 39.8 Å². The van der Waals surface area contributed by atoms with E-state index in [2.05, 4.69) is 15.0 Å². The minimum absolute atomic E-state index is 0.131. The first-order chi connectivity index (χ1) is 11.3. The zero-order valence-electron chi connectivity index (χ0n) is 13.9. The van der Waals surface area contributed by atoms with Crippen LogP contribution in [0.15, 0.2) is 24.9 Å². The molecule has 7 nitrogen and oxygen atoms in total. The maximum atomic E-state index is 12.5. The van der Waals surface area contributed by atoms with Gasteiger partial charge < -0.3 is 9.30 Å². The van der Waals surface area contributed by atoms with E-state index in [-0.39, 0.29) is 17.5 Å². The SMILES string of the molecule is CC(C)(C)OC(=O)N1CCC[C@H]1n1cncc1-c1cnc(Cl)nc1. The van der Waals surface area contributed by atoms with Gasteiger partial charge >= 0.3 is 6.09 Å². The van der Waals surface area contributed by atoms with Crippen molar-refractivity contribution in [1.82, 2.24) is 24.4 Å². The van der Waals surface area contributed by atoms with Crippen LogP contribution in [0.5, 0.6) is 0 Å². The number of aromatic nitrogens is 4. The Morgan fingerprint density at radius 2 is 2.00 bits per heavy atom. The first kappa shape index (κ1) is 16.7. The predicted octanol–water partition coefficient (Wildman–Crippen LogP) is 3.52. The summed E-state index contributed by atoms with van der Waals surface area (Å²) < 4.78 is 7.48. The van der Waals surface area contributed by atoms with E-state index in [4.69, 9.17) is 16.3 Å². The lowest BCUT2D eigenvalue weighted by atomic mass is 10.2. The highest BCUT2D eigenvalue weighted by atomic mass is 35.5. The van der Waals surface area contributed by atoms with E-state index in [1.165, 1.54) is 0 Å². The number of amides is 1. The van der Waals surface area contributed by atoms with Gasteiger partial charge in [0.1, 0.15) is 11.8 Å². The molecule has 0 aromatic carbocycles. The number of imidazole rings is 1. The summed E-state index contributed by atoms with van der Waals surface area (Å²) >= 11 is 5.75. The minimum Gasteiger partial charge on any atom is -0.444 e. The van der Waals surface area contributed by atoms with Crippen LogP contribution in [0, 0.1) is 0 Å². The fraction of sp³-hybridized carbons (Fsp3) is 0.500. The van der Waals surface area contributed by atoms with Crippen LogP contribution in [-0.2, 0) is 4.74 Å². The Balaban J connectivity index is 1.87. The summed E-state index contributed by atoms with van der Waals surface area (Å²) in [5, 5.41) is 0.195. The lowest BCUT2D eigenvalue weighted by molar-refractivity contribution is 0.0164. The molecule has 1 saturated heterocycles. The van der Waals surface area contributed by atoms with Crippen molar-refractivity contribution in [3.05, 3.63) is 30.2 Å². The second-order valence-corrected chi connectivity index (χ2v) is 7.06. The highest BCUT2D eigenvalue weighted by Crippen LogP contribution is 2.32. The highest BCUT2D eigenvalue weighted by molar-refractivity contribution is 6.28. The lowest BCUT2D eigenvalue weighted by Gasteiger charge is -2.29. The van der Waals surface area contributed by atoms with E-state index in [0.29, 0.717) is 6.54 Å². The van der Waals surface area contributed by atoms with Crippen LogP contribution < -0.4 is 0 Å². The fourth-order valence-electron chi connectivity index (χ4n) is 2.78. The monoisotopic (exact) mass is 349 g/mol. The Hall–Kier alpha value is -2.15. The summed E-state index contributed by atoms with van der Waals surface area (Å²) in [5.74, 6) is 0. The molecule has 2 aromatic rings. The topological polar surface area (TPSA) is 73.1 Å². The first-order valence-electron chi connectivity index (χ1n) is 7.84. The molecule has 128 valence electrons. The third kappa shape index (κ3) is 3.51. The molecule has 0 aliphatic carbocycles. The van der Waals surface area contributed by atoms with Crippen LogP contribution in [0.3, 0.4) is 0 Å². The van der Waals surface area contributed by atoms with Crippen molar-refractivity contribution in [1.29, 1.82) is 0 Å². The molecule has 1 amide bonds. The number of rotatable bonds is 2. The Labute approximate surface area is 145 Å². The van der Waals surface area contributed by atoms with Crippen LogP contribution in [0.25, 0.3) is 11.3 Å².